The van der Waals surface area contributed by atoms with Gasteiger partial charge in [-0.25, -0.2) is 9.97 Å². The van der Waals surface area contributed by atoms with Gasteiger partial charge in [-0.15, -0.1) is 11.3 Å². The number of nitrogens with zero attached hydrogens (tertiary/aromatic N) is 2. The topological polar surface area (TPSA) is 58.0 Å². The Bertz CT molecular complexity index is 1050. The van der Waals surface area contributed by atoms with E-state index in [1.165, 1.54) is 0 Å². The van der Waals surface area contributed by atoms with Crippen molar-refractivity contribution in [3.05, 3.63) is 71.4 Å². The first-order valence-corrected chi connectivity index (χ1v) is 10.9. The Hall–Kier alpha value is -2.57. The molecule has 0 saturated heterocycles. The van der Waals surface area contributed by atoms with E-state index in [1.807, 2.05) is 30.3 Å². The highest BCUT2D eigenvalue weighted by molar-refractivity contribution is 7.97. The van der Waals surface area contributed by atoms with E-state index >= 15 is 0 Å². The van der Waals surface area contributed by atoms with Crippen LogP contribution in [-0.4, -0.2) is 21.3 Å². The maximum atomic E-state index is 9.47. The molecule has 0 aliphatic carbocycles. The summed E-state index contributed by atoms with van der Waals surface area (Å²) in [7, 11) is 0. The number of hydrogen-bond donors (Lipinski definition) is 2. The SMILES string of the molecule is CSCc1nc(NCc2ccc(O)cc2)c2c(-c3ccccc3)csc2n1. The Kier molecular flexibility index (Phi) is 5.27. The fraction of sp³-hybridized carbons (Fsp3) is 0.143. The summed E-state index contributed by atoms with van der Waals surface area (Å²) in [4.78, 5) is 10.5. The van der Waals surface area contributed by atoms with Gasteiger partial charge in [0.2, 0.25) is 0 Å². The minimum atomic E-state index is 0.273. The molecular formula is C21H19N3OS2. The van der Waals surface area contributed by atoms with E-state index in [0.29, 0.717) is 6.54 Å². The average molecular weight is 394 g/mol. The van der Waals surface area contributed by atoms with Crippen LogP contribution >= 0.6 is 23.1 Å². The minimum absolute atomic E-state index is 0.273. The summed E-state index contributed by atoms with van der Waals surface area (Å²) in [6, 6.07) is 17.6. The molecule has 0 radical (unpaired) electrons. The van der Waals surface area contributed by atoms with Gasteiger partial charge < -0.3 is 10.4 Å². The lowest BCUT2D eigenvalue weighted by Crippen LogP contribution is -2.05. The Balaban J connectivity index is 1.75. The average Bonchev–Trinajstić information content (AvgIpc) is 3.12. The molecule has 0 aliphatic heterocycles. The van der Waals surface area contributed by atoms with Crippen molar-refractivity contribution in [2.24, 2.45) is 0 Å². The largest absolute Gasteiger partial charge is 0.508 e. The molecule has 6 heteroatoms. The van der Waals surface area contributed by atoms with Crippen LogP contribution in [0.15, 0.2) is 60.0 Å². The maximum Gasteiger partial charge on any atom is 0.142 e. The van der Waals surface area contributed by atoms with E-state index in [-0.39, 0.29) is 5.75 Å². The third kappa shape index (κ3) is 3.91. The van der Waals surface area contributed by atoms with Crippen LogP contribution in [0.1, 0.15) is 11.4 Å². The van der Waals surface area contributed by atoms with Gasteiger partial charge in [0, 0.05) is 17.5 Å². The Morgan fingerprint density at radius 1 is 1.04 bits per heavy atom. The van der Waals surface area contributed by atoms with Crippen molar-refractivity contribution in [3.63, 3.8) is 0 Å². The van der Waals surface area contributed by atoms with E-state index < -0.39 is 0 Å². The van der Waals surface area contributed by atoms with Gasteiger partial charge in [0.15, 0.2) is 0 Å². The second-order valence-corrected chi connectivity index (χ2v) is 7.86. The molecule has 27 heavy (non-hydrogen) atoms. The van der Waals surface area contributed by atoms with Crippen LogP contribution in [0.5, 0.6) is 5.75 Å². The van der Waals surface area contributed by atoms with Crippen LogP contribution in [0.25, 0.3) is 21.3 Å². The monoisotopic (exact) mass is 393 g/mol. The summed E-state index contributed by atoms with van der Waals surface area (Å²) in [6.45, 7) is 0.634. The Morgan fingerprint density at radius 2 is 1.81 bits per heavy atom. The molecular weight excluding hydrogens is 374 g/mol. The normalized spacial score (nSPS) is 11.0. The Morgan fingerprint density at radius 3 is 2.56 bits per heavy atom. The summed E-state index contributed by atoms with van der Waals surface area (Å²) in [5.74, 6) is 2.75. The first kappa shape index (κ1) is 17.8. The van der Waals surface area contributed by atoms with Gasteiger partial charge in [0.25, 0.3) is 0 Å². The zero-order valence-electron chi connectivity index (χ0n) is 14.8. The standard InChI is InChI=1S/C21H19N3OS2/c1-26-13-18-23-20(22-11-14-7-9-16(25)10-8-14)19-17(12-27-21(19)24-18)15-5-3-2-4-6-15/h2-10,12,25H,11,13H2,1H3,(H,22,23,24). The highest BCUT2D eigenvalue weighted by Crippen LogP contribution is 2.37. The second-order valence-electron chi connectivity index (χ2n) is 6.14. The number of aromatic hydroxyl groups is 1. The molecule has 2 aromatic carbocycles. The first-order chi connectivity index (χ1) is 13.2. The molecule has 136 valence electrons. The number of nitrogens with one attached hydrogen (secondary N) is 1. The van der Waals surface area contributed by atoms with Crippen molar-refractivity contribution in [1.82, 2.24) is 9.97 Å². The zero-order valence-corrected chi connectivity index (χ0v) is 16.5. The summed E-state index contributed by atoms with van der Waals surface area (Å²) >= 11 is 3.37. The highest BCUT2D eigenvalue weighted by Gasteiger charge is 2.15. The smallest absolute Gasteiger partial charge is 0.142 e. The van der Waals surface area contributed by atoms with Gasteiger partial charge in [-0.2, -0.15) is 11.8 Å². The number of phenolic OH excluding ortho intramolecular Hbond substituents is 1. The molecule has 4 nitrogen and oxygen atoms in total. The number of thiophene rings is 1. The van der Waals surface area contributed by atoms with Gasteiger partial charge in [0.05, 0.1) is 11.1 Å². The molecule has 4 rings (SSSR count). The summed E-state index contributed by atoms with van der Waals surface area (Å²) in [5.41, 5.74) is 3.40. The first-order valence-electron chi connectivity index (χ1n) is 8.59. The van der Waals surface area contributed by atoms with Crippen LogP contribution in [0.3, 0.4) is 0 Å². The fourth-order valence-electron chi connectivity index (χ4n) is 2.94. The van der Waals surface area contributed by atoms with Crippen LogP contribution in [-0.2, 0) is 12.3 Å². The third-order valence-corrected chi connectivity index (χ3v) is 5.65. The quantitative estimate of drug-likeness (QED) is 0.450. The number of aromatic nitrogens is 2. The lowest BCUT2D eigenvalue weighted by molar-refractivity contribution is 0.475. The number of hydrogen-bond acceptors (Lipinski definition) is 6. The molecule has 2 aromatic heterocycles. The lowest BCUT2D eigenvalue weighted by Gasteiger charge is -2.11. The van der Waals surface area contributed by atoms with Crippen molar-refractivity contribution < 1.29 is 5.11 Å². The van der Waals surface area contributed by atoms with Crippen molar-refractivity contribution in [3.8, 4) is 16.9 Å². The number of thioether (sulfide) groups is 1. The summed E-state index contributed by atoms with van der Waals surface area (Å²) in [5, 5.41) is 16.2. The van der Waals surface area contributed by atoms with Crippen LogP contribution in [0, 0.1) is 0 Å². The van der Waals surface area contributed by atoms with Crippen molar-refractivity contribution in [2.75, 3.05) is 11.6 Å². The van der Waals surface area contributed by atoms with E-state index in [9.17, 15) is 5.11 Å². The van der Waals surface area contributed by atoms with Crippen LogP contribution in [0.2, 0.25) is 0 Å². The van der Waals surface area contributed by atoms with Gasteiger partial charge in [-0.3, -0.25) is 0 Å². The van der Waals surface area contributed by atoms with Crippen LogP contribution < -0.4 is 5.32 Å². The Labute approximate surface area is 166 Å². The molecule has 0 unspecified atom stereocenters. The molecule has 0 fully saturated rings. The molecule has 2 N–H and O–H groups in total. The van der Waals surface area contributed by atoms with E-state index in [1.54, 1.807) is 35.2 Å². The molecule has 2 heterocycles. The zero-order chi connectivity index (χ0) is 18.6. The third-order valence-electron chi connectivity index (χ3n) is 4.23. The van der Waals surface area contributed by atoms with Gasteiger partial charge >= 0.3 is 0 Å². The predicted molar refractivity (Wildman–Crippen MR) is 116 cm³/mol. The van der Waals surface area contributed by atoms with E-state index in [0.717, 1.165) is 44.3 Å². The minimum Gasteiger partial charge on any atom is -0.508 e. The number of fused-ring (bicyclic) bond motifs is 1. The fourth-order valence-corrected chi connectivity index (χ4v) is 4.29. The molecule has 0 spiro atoms. The second kappa shape index (κ2) is 7.98. The van der Waals surface area contributed by atoms with Crippen molar-refractivity contribution in [1.29, 1.82) is 0 Å². The molecule has 0 bridgehead atoms. The van der Waals surface area contributed by atoms with Crippen LogP contribution in [0.4, 0.5) is 5.82 Å². The maximum absolute atomic E-state index is 9.47. The highest BCUT2D eigenvalue weighted by atomic mass is 32.2. The van der Waals surface area contributed by atoms with Gasteiger partial charge in [-0.05, 0) is 29.5 Å². The predicted octanol–water partition coefficient (Wildman–Crippen LogP) is 5.54. The van der Waals surface area contributed by atoms with Gasteiger partial charge in [0.1, 0.15) is 22.2 Å². The van der Waals surface area contributed by atoms with E-state index in [2.05, 4.69) is 29.1 Å². The summed E-state index contributed by atoms with van der Waals surface area (Å²) in [6.07, 6.45) is 2.06. The lowest BCUT2D eigenvalue weighted by atomic mass is 10.1. The van der Waals surface area contributed by atoms with Crippen molar-refractivity contribution >= 4 is 39.1 Å². The summed E-state index contributed by atoms with van der Waals surface area (Å²) < 4.78 is 0. The number of benzene rings is 2. The number of rotatable bonds is 6. The molecule has 0 aliphatic rings. The van der Waals surface area contributed by atoms with Gasteiger partial charge in [-0.1, -0.05) is 42.5 Å². The van der Waals surface area contributed by atoms with E-state index in [4.69, 9.17) is 9.97 Å². The number of phenols is 1. The molecule has 4 aromatic rings. The molecule has 0 atom stereocenters. The number of anilines is 1. The molecule has 0 amide bonds. The molecule has 0 saturated carbocycles. The van der Waals surface area contributed by atoms with Crippen molar-refractivity contribution in [2.45, 2.75) is 12.3 Å².